The Labute approximate surface area is 265 Å². The fourth-order valence-corrected chi connectivity index (χ4v) is 10.9. The van der Waals surface area contributed by atoms with Crippen molar-refractivity contribution in [1.82, 2.24) is 19.6 Å². The van der Waals surface area contributed by atoms with E-state index in [1.165, 1.54) is 25.3 Å². The number of nitrogens with zero attached hydrogens (tertiary/aromatic N) is 5. The number of urea groups is 1. The average molecular weight is 634 g/mol. The number of pyridine rings is 2. The first-order valence-corrected chi connectivity index (χ1v) is 18.1. The number of fused-ring (bicyclic) bond motifs is 6. The third-order valence-electron chi connectivity index (χ3n) is 11.5. The summed E-state index contributed by atoms with van der Waals surface area (Å²) < 4.78 is 28.9. The van der Waals surface area contributed by atoms with Gasteiger partial charge in [-0.1, -0.05) is 6.07 Å². The van der Waals surface area contributed by atoms with Crippen LogP contribution in [0, 0.1) is 23.7 Å². The van der Waals surface area contributed by atoms with E-state index in [0.717, 1.165) is 56.3 Å². The normalized spacial score (nSPS) is 33.3. The number of carbonyl (C=O) groups excluding carboxylic acids is 2. The van der Waals surface area contributed by atoms with Crippen molar-refractivity contribution in [1.29, 1.82) is 0 Å². The lowest BCUT2D eigenvalue weighted by Gasteiger charge is -2.59. The number of nitrogens with one attached hydrogen (secondary N) is 2. The average Bonchev–Trinajstić information content (AvgIpc) is 3.52. The molecule has 5 heterocycles. The Kier molecular flexibility index (Phi) is 6.64. The number of sulfonamides is 1. The molecule has 2 N–H and O–H groups in total. The van der Waals surface area contributed by atoms with Crippen molar-refractivity contribution in [3.05, 3.63) is 35.9 Å². The van der Waals surface area contributed by atoms with Crippen LogP contribution in [-0.2, 0) is 10.0 Å². The minimum Gasteiger partial charge on any atom is -0.370 e. The second-order valence-electron chi connectivity index (χ2n) is 15.1. The molecule has 4 saturated carbocycles. The molecule has 3 aliphatic heterocycles. The number of amides is 3. The molecule has 45 heavy (non-hydrogen) atoms. The quantitative estimate of drug-likeness (QED) is 0.491. The molecular formula is C33H43N7O4S. The van der Waals surface area contributed by atoms with Crippen molar-refractivity contribution in [3.8, 4) is 0 Å². The Balaban J connectivity index is 1.14. The summed E-state index contributed by atoms with van der Waals surface area (Å²) in [7, 11) is -4.25. The second-order valence-corrected chi connectivity index (χ2v) is 16.8. The number of aromatic nitrogens is 2. The topological polar surface area (TPSA) is 128 Å². The predicted molar refractivity (Wildman–Crippen MR) is 171 cm³/mol. The number of carbonyl (C=O) groups is 2. The summed E-state index contributed by atoms with van der Waals surface area (Å²) in [4.78, 5) is 43.3. The lowest BCUT2D eigenvalue weighted by atomic mass is 9.52. The largest absolute Gasteiger partial charge is 0.370 e. The molecule has 1 atom stereocenters. The van der Waals surface area contributed by atoms with Crippen LogP contribution in [0.25, 0.3) is 0 Å². The van der Waals surface area contributed by atoms with Crippen molar-refractivity contribution in [2.45, 2.75) is 87.7 Å². The summed E-state index contributed by atoms with van der Waals surface area (Å²) in [5.74, 6) is 3.21. The fraction of sp³-hybridized carbons (Fsp3) is 0.636. The molecule has 4 aliphatic carbocycles. The van der Waals surface area contributed by atoms with Crippen molar-refractivity contribution in [2.24, 2.45) is 23.7 Å². The van der Waals surface area contributed by atoms with Crippen molar-refractivity contribution in [2.75, 3.05) is 41.3 Å². The Morgan fingerprint density at radius 2 is 1.60 bits per heavy atom. The summed E-state index contributed by atoms with van der Waals surface area (Å²) in [6.07, 6.45) is 10.1. The lowest BCUT2D eigenvalue weighted by Crippen LogP contribution is -2.60. The molecule has 6 fully saturated rings. The summed E-state index contributed by atoms with van der Waals surface area (Å²) in [5.41, 5.74) is -0.184. The first kappa shape index (κ1) is 29.0. The van der Waals surface area contributed by atoms with Crippen LogP contribution >= 0.6 is 0 Å². The fourth-order valence-electron chi connectivity index (χ4n) is 10.0. The van der Waals surface area contributed by atoms with Gasteiger partial charge in [0.25, 0.3) is 15.9 Å². The highest BCUT2D eigenvalue weighted by Gasteiger charge is 2.56. The van der Waals surface area contributed by atoms with Gasteiger partial charge in [0.05, 0.1) is 5.56 Å². The van der Waals surface area contributed by atoms with Crippen LogP contribution in [0.1, 0.15) is 82.0 Å². The molecule has 0 aromatic carbocycles. The van der Waals surface area contributed by atoms with E-state index in [1.807, 2.05) is 0 Å². The second kappa shape index (κ2) is 10.3. The minimum atomic E-state index is -4.25. The molecule has 0 spiro atoms. The molecule has 2 saturated heterocycles. The zero-order valence-electron chi connectivity index (χ0n) is 26.2. The van der Waals surface area contributed by atoms with E-state index in [9.17, 15) is 18.0 Å². The SMILES string of the molecule is CC1(C)C[C@@H]2CCCNc3cccc(n3)S(=O)(=O)NC(=O)c3ccc(N4CCN(C56CC7CC(CC(C7)C5)C6)C4=O)nc3N1C2. The summed E-state index contributed by atoms with van der Waals surface area (Å²) in [5, 5.41) is 3.01. The smallest absolute Gasteiger partial charge is 0.326 e. The van der Waals surface area contributed by atoms with Gasteiger partial charge in [-0.15, -0.1) is 0 Å². The minimum absolute atomic E-state index is 0.00517. The molecule has 3 amide bonds. The molecule has 2 aromatic rings. The van der Waals surface area contributed by atoms with Crippen LogP contribution in [0.4, 0.5) is 22.2 Å². The molecule has 8 bridgehead atoms. The molecular weight excluding hydrogens is 590 g/mol. The Morgan fingerprint density at radius 3 is 2.33 bits per heavy atom. The Morgan fingerprint density at radius 1 is 0.867 bits per heavy atom. The van der Waals surface area contributed by atoms with Gasteiger partial charge in [0.1, 0.15) is 17.5 Å². The van der Waals surface area contributed by atoms with E-state index in [4.69, 9.17) is 4.98 Å². The number of hydrogen-bond acceptors (Lipinski definition) is 8. The Bertz CT molecular complexity index is 1620. The first-order valence-electron chi connectivity index (χ1n) is 16.7. The molecule has 2 aromatic heterocycles. The van der Waals surface area contributed by atoms with Crippen LogP contribution in [0.3, 0.4) is 0 Å². The third-order valence-corrected chi connectivity index (χ3v) is 12.7. The molecule has 240 valence electrons. The van der Waals surface area contributed by atoms with E-state index >= 15 is 0 Å². The third kappa shape index (κ3) is 4.94. The van der Waals surface area contributed by atoms with Gasteiger partial charge >= 0.3 is 6.03 Å². The van der Waals surface area contributed by atoms with Gasteiger partial charge in [-0.05, 0) is 120 Å². The van der Waals surface area contributed by atoms with Gasteiger partial charge in [0.15, 0.2) is 5.03 Å². The summed E-state index contributed by atoms with van der Waals surface area (Å²) in [6, 6.07) is 8.06. The highest BCUT2D eigenvalue weighted by Crippen LogP contribution is 2.58. The number of hydrogen-bond donors (Lipinski definition) is 2. The first-order chi connectivity index (χ1) is 21.5. The van der Waals surface area contributed by atoms with E-state index < -0.39 is 15.9 Å². The summed E-state index contributed by atoms with van der Waals surface area (Å²) >= 11 is 0. The van der Waals surface area contributed by atoms with Crippen LogP contribution < -0.4 is 19.8 Å². The van der Waals surface area contributed by atoms with Gasteiger partial charge in [0, 0.05) is 37.3 Å². The maximum Gasteiger partial charge on any atom is 0.326 e. The van der Waals surface area contributed by atoms with Crippen LogP contribution in [0.2, 0.25) is 0 Å². The monoisotopic (exact) mass is 633 g/mol. The van der Waals surface area contributed by atoms with Crippen molar-refractivity contribution < 1.29 is 18.0 Å². The standard InChI is InChI=1S/C33H43N7O4S/c1-32(2)16-21-5-4-10-34-26-6-3-7-28(35-26)45(43,44)37-30(41)25-8-9-27(36-29(25)40(32)20-21)38-11-12-39(31(38)42)33-17-22-13-23(18-33)15-24(14-22)19-33/h3,6-9,21-24H,4-5,10-20H2,1-2H3,(H,34,35)(H,37,41)/t21-,22?,23?,24?,33?/m0/s1. The van der Waals surface area contributed by atoms with Crippen LogP contribution in [0.15, 0.2) is 35.4 Å². The summed E-state index contributed by atoms with van der Waals surface area (Å²) in [6.45, 7) is 6.87. The van der Waals surface area contributed by atoms with E-state index in [2.05, 4.69) is 38.7 Å². The predicted octanol–water partition coefficient (Wildman–Crippen LogP) is 4.62. The molecule has 7 aliphatic rings. The Hall–Kier alpha value is -3.41. The van der Waals surface area contributed by atoms with Gasteiger partial charge in [-0.3, -0.25) is 9.69 Å². The van der Waals surface area contributed by atoms with E-state index in [-0.39, 0.29) is 27.7 Å². The van der Waals surface area contributed by atoms with Crippen molar-refractivity contribution in [3.63, 3.8) is 0 Å². The van der Waals surface area contributed by atoms with Crippen LogP contribution in [-0.4, -0.2) is 72.5 Å². The molecule has 0 radical (unpaired) electrons. The number of anilines is 3. The van der Waals surface area contributed by atoms with Gasteiger partial charge < -0.3 is 15.1 Å². The highest BCUT2D eigenvalue weighted by atomic mass is 32.2. The number of rotatable bonds is 2. The van der Waals surface area contributed by atoms with Gasteiger partial charge in [-0.25, -0.2) is 19.5 Å². The lowest BCUT2D eigenvalue weighted by molar-refractivity contribution is -0.0640. The molecule has 0 unspecified atom stereocenters. The molecule has 9 rings (SSSR count). The van der Waals surface area contributed by atoms with Crippen molar-refractivity contribution >= 4 is 39.4 Å². The van der Waals surface area contributed by atoms with E-state index in [0.29, 0.717) is 49.6 Å². The zero-order chi connectivity index (χ0) is 31.1. The molecule has 12 heteroatoms. The molecule has 11 nitrogen and oxygen atoms in total. The van der Waals surface area contributed by atoms with E-state index in [1.54, 1.807) is 29.2 Å². The maximum atomic E-state index is 14.1. The highest BCUT2D eigenvalue weighted by molar-refractivity contribution is 7.90. The zero-order valence-corrected chi connectivity index (χ0v) is 27.0. The van der Waals surface area contributed by atoms with Gasteiger partial charge in [-0.2, -0.15) is 8.42 Å². The maximum absolute atomic E-state index is 14.1. The van der Waals surface area contributed by atoms with Crippen LogP contribution in [0.5, 0.6) is 0 Å². The van der Waals surface area contributed by atoms with Gasteiger partial charge in [0.2, 0.25) is 0 Å².